The maximum absolute atomic E-state index is 12.5. The minimum atomic E-state index is -0.227. The summed E-state index contributed by atoms with van der Waals surface area (Å²) in [5, 5.41) is 11.5. The number of benzene rings is 2. The smallest absolute Gasteiger partial charge is 0.244 e. The highest BCUT2D eigenvalue weighted by molar-refractivity contribution is 6.31. The van der Waals surface area contributed by atoms with Gasteiger partial charge in [-0.15, -0.1) is 0 Å². The molecule has 2 N–H and O–H groups in total. The van der Waals surface area contributed by atoms with Gasteiger partial charge in [-0.25, -0.2) is 4.68 Å². The topological polar surface area (TPSA) is 76.0 Å². The molecule has 1 unspecified atom stereocenters. The highest BCUT2D eigenvalue weighted by Crippen LogP contribution is 2.26. The minimum Gasteiger partial charge on any atom is -0.346 e. The number of aromatic nitrogens is 2. The molecule has 0 saturated carbocycles. The van der Waals surface area contributed by atoms with Crippen LogP contribution in [0.25, 0.3) is 6.08 Å². The van der Waals surface area contributed by atoms with Crippen LogP contribution in [-0.4, -0.2) is 21.6 Å². The van der Waals surface area contributed by atoms with E-state index in [1.54, 1.807) is 10.8 Å². The van der Waals surface area contributed by atoms with Gasteiger partial charge in [0.1, 0.15) is 5.15 Å². The van der Waals surface area contributed by atoms with Gasteiger partial charge >= 0.3 is 0 Å². The van der Waals surface area contributed by atoms with Crippen molar-refractivity contribution in [1.29, 1.82) is 0 Å². The Hall–Kier alpha value is -3.09. The fourth-order valence-corrected chi connectivity index (χ4v) is 4.22. The molecule has 0 spiro atoms. The number of hydrogen-bond donors (Lipinski definition) is 2. The first-order chi connectivity index (χ1) is 15.8. The molecule has 33 heavy (non-hydrogen) atoms. The third-order valence-corrected chi connectivity index (χ3v) is 6.29. The van der Waals surface area contributed by atoms with Gasteiger partial charge in [0.25, 0.3) is 0 Å². The number of amides is 2. The standard InChI is InChI=1S/C25H24Cl2N4O2/c1-15(18-5-10-22-19(13-18)6-11-24(33)29-22)28-23(32)12-9-21-16(2)30-31(25(21)27)14-17-3-7-20(26)8-4-17/h3-5,7-10,12-13,15H,6,11,14H2,1-2H3,(H,28,32)(H,29,33). The van der Waals surface area contributed by atoms with Gasteiger partial charge in [-0.3, -0.25) is 9.59 Å². The molecule has 1 aliphatic rings. The Morgan fingerprint density at radius 1 is 1.21 bits per heavy atom. The van der Waals surface area contributed by atoms with Gasteiger partial charge < -0.3 is 10.6 Å². The average molecular weight is 483 g/mol. The van der Waals surface area contributed by atoms with Gasteiger partial charge in [0.05, 0.1) is 18.3 Å². The van der Waals surface area contributed by atoms with Gasteiger partial charge in [0.15, 0.2) is 0 Å². The van der Waals surface area contributed by atoms with Crippen LogP contribution in [0.1, 0.15) is 47.3 Å². The fraction of sp³-hybridized carbons (Fsp3) is 0.240. The fourth-order valence-electron chi connectivity index (χ4n) is 3.80. The van der Waals surface area contributed by atoms with Crippen LogP contribution >= 0.6 is 23.2 Å². The first-order valence-corrected chi connectivity index (χ1v) is 11.4. The van der Waals surface area contributed by atoms with E-state index < -0.39 is 0 Å². The first-order valence-electron chi connectivity index (χ1n) is 10.7. The maximum Gasteiger partial charge on any atom is 0.244 e. The Labute approximate surface area is 202 Å². The number of carbonyl (C=O) groups is 2. The molecule has 0 saturated heterocycles. The molecule has 1 aromatic heterocycles. The lowest BCUT2D eigenvalue weighted by Gasteiger charge is -2.20. The molecule has 2 heterocycles. The SMILES string of the molecule is Cc1nn(Cc2ccc(Cl)cc2)c(Cl)c1C=CC(=O)NC(C)c1ccc2c(c1)CCC(=O)N2. The number of fused-ring (bicyclic) bond motifs is 1. The molecule has 0 radical (unpaired) electrons. The highest BCUT2D eigenvalue weighted by atomic mass is 35.5. The lowest BCUT2D eigenvalue weighted by Crippen LogP contribution is -2.25. The Morgan fingerprint density at radius 3 is 2.73 bits per heavy atom. The van der Waals surface area contributed by atoms with Crippen molar-refractivity contribution < 1.29 is 9.59 Å². The summed E-state index contributed by atoms with van der Waals surface area (Å²) in [6, 6.07) is 13.2. The Kier molecular flexibility index (Phi) is 6.86. The third-order valence-electron chi connectivity index (χ3n) is 5.64. The van der Waals surface area contributed by atoms with E-state index >= 15 is 0 Å². The molecular formula is C25H24Cl2N4O2. The largest absolute Gasteiger partial charge is 0.346 e. The van der Waals surface area contributed by atoms with Gasteiger partial charge in [-0.05, 0) is 61.2 Å². The number of rotatable bonds is 6. The molecule has 0 bridgehead atoms. The van der Waals surface area contributed by atoms with E-state index in [0.717, 1.165) is 28.1 Å². The Bertz CT molecular complexity index is 1230. The van der Waals surface area contributed by atoms with Crippen molar-refractivity contribution in [3.8, 4) is 0 Å². The van der Waals surface area contributed by atoms with Crippen LogP contribution in [0.5, 0.6) is 0 Å². The molecule has 1 aliphatic heterocycles. The zero-order valence-corrected chi connectivity index (χ0v) is 19.9. The predicted molar refractivity (Wildman–Crippen MR) is 132 cm³/mol. The van der Waals surface area contributed by atoms with Crippen LogP contribution in [0, 0.1) is 6.92 Å². The summed E-state index contributed by atoms with van der Waals surface area (Å²) in [5.74, 6) is -0.193. The molecular weight excluding hydrogens is 459 g/mol. The molecule has 8 heteroatoms. The highest BCUT2D eigenvalue weighted by Gasteiger charge is 2.17. The van der Waals surface area contributed by atoms with Crippen molar-refractivity contribution in [3.05, 3.63) is 86.7 Å². The average Bonchev–Trinajstić information content (AvgIpc) is 3.05. The van der Waals surface area contributed by atoms with E-state index in [2.05, 4.69) is 15.7 Å². The van der Waals surface area contributed by atoms with Gasteiger partial charge in [-0.1, -0.05) is 47.5 Å². The quantitative estimate of drug-likeness (QED) is 0.466. The van der Waals surface area contributed by atoms with Crippen LogP contribution in [0.3, 0.4) is 0 Å². The summed E-state index contributed by atoms with van der Waals surface area (Å²) in [6.07, 6.45) is 4.34. The third kappa shape index (κ3) is 5.46. The number of carbonyl (C=O) groups excluding carboxylic acids is 2. The van der Waals surface area contributed by atoms with Crippen molar-refractivity contribution in [1.82, 2.24) is 15.1 Å². The van der Waals surface area contributed by atoms with E-state index in [0.29, 0.717) is 35.1 Å². The number of nitrogens with zero attached hydrogens (tertiary/aromatic N) is 2. The number of hydrogen-bond acceptors (Lipinski definition) is 3. The lowest BCUT2D eigenvalue weighted by atomic mass is 9.98. The zero-order valence-electron chi connectivity index (χ0n) is 18.4. The number of nitrogens with one attached hydrogen (secondary N) is 2. The number of halogens is 2. The summed E-state index contributed by atoms with van der Waals surface area (Å²) in [4.78, 5) is 24.1. The molecule has 1 atom stereocenters. The van der Waals surface area contributed by atoms with Gasteiger partial charge in [-0.2, -0.15) is 5.10 Å². The zero-order chi connectivity index (χ0) is 23.5. The van der Waals surface area contributed by atoms with Crippen LogP contribution in [0.2, 0.25) is 10.2 Å². The molecule has 4 rings (SSSR count). The van der Waals surface area contributed by atoms with E-state index in [1.165, 1.54) is 6.08 Å². The summed E-state index contributed by atoms with van der Waals surface area (Å²) in [5.41, 5.74) is 5.38. The van der Waals surface area contributed by atoms with Crippen molar-refractivity contribution >= 4 is 46.8 Å². The minimum absolute atomic E-state index is 0.0344. The van der Waals surface area contributed by atoms with E-state index in [1.807, 2.05) is 56.3 Å². The van der Waals surface area contributed by atoms with Gasteiger partial charge in [0, 0.05) is 28.8 Å². The van der Waals surface area contributed by atoms with E-state index in [-0.39, 0.29) is 17.9 Å². The second-order valence-electron chi connectivity index (χ2n) is 8.10. The Balaban J connectivity index is 1.42. The molecule has 2 amide bonds. The lowest BCUT2D eigenvalue weighted by molar-refractivity contribution is -0.117. The Morgan fingerprint density at radius 2 is 1.97 bits per heavy atom. The van der Waals surface area contributed by atoms with Crippen LogP contribution in [-0.2, 0) is 22.6 Å². The second kappa shape index (κ2) is 9.81. The normalized spacial score (nSPS) is 14.1. The molecule has 0 aliphatic carbocycles. The van der Waals surface area contributed by atoms with E-state index in [9.17, 15) is 9.59 Å². The van der Waals surface area contributed by atoms with Gasteiger partial charge in [0.2, 0.25) is 11.8 Å². The molecule has 170 valence electrons. The molecule has 3 aromatic rings. The summed E-state index contributed by atoms with van der Waals surface area (Å²) in [6.45, 7) is 4.29. The molecule has 0 fully saturated rings. The number of anilines is 1. The predicted octanol–water partition coefficient (Wildman–Crippen LogP) is 5.32. The summed E-state index contributed by atoms with van der Waals surface area (Å²) >= 11 is 12.5. The van der Waals surface area contributed by atoms with Crippen LogP contribution in [0.15, 0.2) is 48.5 Å². The second-order valence-corrected chi connectivity index (χ2v) is 8.90. The van der Waals surface area contributed by atoms with Crippen molar-refractivity contribution in [2.24, 2.45) is 0 Å². The van der Waals surface area contributed by atoms with Crippen LogP contribution < -0.4 is 10.6 Å². The summed E-state index contributed by atoms with van der Waals surface area (Å²) in [7, 11) is 0. The monoisotopic (exact) mass is 482 g/mol. The maximum atomic E-state index is 12.5. The molecule has 2 aromatic carbocycles. The van der Waals surface area contributed by atoms with Crippen molar-refractivity contribution in [2.45, 2.75) is 39.3 Å². The van der Waals surface area contributed by atoms with Crippen molar-refractivity contribution in [2.75, 3.05) is 5.32 Å². The van der Waals surface area contributed by atoms with E-state index in [4.69, 9.17) is 23.2 Å². The molecule has 6 nitrogen and oxygen atoms in total. The van der Waals surface area contributed by atoms with Crippen LogP contribution in [0.4, 0.5) is 5.69 Å². The first kappa shape index (κ1) is 23.1. The summed E-state index contributed by atoms with van der Waals surface area (Å²) < 4.78 is 1.70. The van der Waals surface area contributed by atoms with Crippen molar-refractivity contribution in [3.63, 3.8) is 0 Å². The number of aryl methyl sites for hydroxylation is 2.